The molecule has 0 aromatic carbocycles. The van der Waals surface area contributed by atoms with Crippen LogP contribution in [0.1, 0.15) is 12.8 Å². The highest BCUT2D eigenvalue weighted by Gasteiger charge is 2.54. The first-order chi connectivity index (χ1) is 8.61. The number of likely N-dealkylation sites (tertiary alicyclic amines) is 1. The number of imide groups is 1. The number of rotatable bonds is 4. The number of carbonyl (C=O) groups is 2. The fraction of sp³-hybridized carbons (Fsp3) is 0.667. The summed E-state index contributed by atoms with van der Waals surface area (Å²) in [6, 6.07) is 0. The maximum Gasteiger partial charge on any atom is 0.234 e. The molecule has 0 aromatic heterocycles. The fourth-order valence-corrected chi connectivity index (χ4v) is 2.63. The summed E-state index contributed by atoms with van der Waals surface area (Å²) in [5, 5.41) is 28.0. The Morgan fingerprint density at radius 2 is 1.39 bits per heavy atom. The Morgan fingerprint density at radius 1 is 1.00 bits per heavy atom. The number of allylic oxidation sites excluding steroid dienone is 2. The first-order valence-corrected chi connectivity index (χ1v) is 5.97. The Bertz CT molecular complexity index is 354. The molecule has 1 heterocycles. The number of hydrogen-bond acceptors (Lipinski definition) is 5. The molecule has 100 valence electrons. The van der Waals surface area contributed by atoms with Gasteiger partial charge in [0.05, 0.1) is 31.7 Å². The average Bonchev–Trinajstić information content (AvgIpc) is 2.67. The molecule has 2 rings (SSSR count). The maximum absolute atomic E-state index is 12.2. The molecule has 6 heteroatoms. The van der Waals surface area contributed by atoms with Gasteiger partial charge in [-0.25, -0.2) is 0 Å². The predicted molar refractivity (Wildman–Crippen MR) is 61.2 cm³/mol. The highest BCUT2D eigenvalue weighted by atomic mass is 16.3. The lowest BCUT2D eigenvalue weighted by Crippen LogP contribution is -2.59. The number of aliphatic hydroxyl groups is 3. The maximum atomic E-state index is 12.2. The standard InChI is InChI=1S/C12H17NO5/c14-5-12(6-15,7-16)13-10(17)8-3-1-2-4-9(8)11(13)18/h1-2,8-9,14-16H,3-7H2/t8-,9+. The van der Waals surface area contributed by atoms with Crippen molar-refractivity contribution >= 4 is 11.8 Å². The van der Waals surface area contributed by atoms with E-state index in [0.717, 1.165) is 4.90 Å². The van der Waals surface area contributed by atoms with Crippen LogP contribution in [0.5, 0.6) is 0 Å². The van der Waals surface area contributed by atoms with E-state index in [1.165, 1.54) is 0 Å². The highest BCUT2D eigenvalue weighted by molar-refractivity contribution is 6.06. The van der Waals surface area contributed by atoms with E-state index in [1.807, 2.05) is 12.2 Å². The van der Waals surface area contributed by atoms with Gasteiger partial charge in [-0.15, -0.1) is 0 Å². The van der Waals surface area contributed by atoms with Crippen LogP contribution in [0.2, 0.25) is 0 Å². The molecule has 2 atom stereocenters. The molecule has 1 saturated heterocycles. The van der Waals surface area contributed by atoms with Crippen LogP contribution in [0.15, 0.2) is 12.2 Å². The molecule has 1 aliphatic heterocycles. The van der Waals surface area contributed by atoms with Gasteiger partial charge in [-0.05, 0) is 12.8 Å². The summed E-state index contributed by atoms with van der Waals surface area (Å²) < 4.78 is 0. The second kappa shape index (κ2) is 4.79. The SMILES string of the molecule is O=C1[C@H]2CC=CC[C@H]2C(=O)N1C(CO)(CO)CO. The van der Waals surface area contributed by atoms with E-state index in [1.54, 1.807) is 0 Å². The lowest BCUT2D eigenvalue weighted by molar-refractivity contribution is -0.155. The van der Waals surface area contributed by atoms with E-state index >= 15 is 0 Å². The molecule has 3 N–H and O–H groups in total. The summed E-state index contributed by atoms with van der Waals surface area (Å²) in [5.41, 5.74) is -1.59. The third-order valence-corrected chi connectivity index (χ3v) is 3.86. The van der Waals surface area contributed by atoms with Crippen molar-refractivity contribution < 1.29 is 24.9 Å². The van der Waals surface area contributed by atoms with Crippen molar-refractivity contribution in [3.8, 4) is 0 Å². The zero-order valence-corrected chi connectivity index (χ0v) is 9.95. The van der Waals surface area contributed by atoms with Gasteiger partial charge in [0.2, 0.25) is 11.8 Å². The van der Waals surface area contributed by atoms with Crippen molar-refractivity contribution in [2.75, 3.05) is 19.8 Å². The topological polar surface area (TPSA) is 98.1 Å². The van der Waals surface area contributed by atoms with Gasteiger partial charge >= 0.3 is 0 Å². The van der Waals surface area contributed by atoms with Gasteiger partial charge in [0.1, 0.15) is 5.54 Å². The molecule has 1 fully saturated rings. The summed E-state index contributed by atoms with van der Waals surface area (Å²) >= 11 is 0. The van der Waals surface area contributed by atoms with E-state index in [4.69, 9.17) is 0 Å². The Morgan fingerprint density at radius 3 is 1.72 bits per heavy atom. The minimum Gasteiger partial charge on any atom is -0.394 e. The van der Waals surface area contributed by atoms with Gasteiger partial charge in [0, 0.05) is 0 Å². The number of nitrogens with zero attached hydrogens (tertiary/aromatic N) is 1. The molecule has 0 saturated carbocycles. The normalized spacial score (nSPS) is 27.8. The van der Waals surface area contributed by atoms with Crippen molar-refractivity contribution in [1.82, 2.24) is 4.90 Å². The van der Waals surface area contributed by atoms with E-state index in [0.29, 0.717) is 12.8 Å². The molecule has 0 radical (unpaired) electrons. The molecule has 2 amide bonds. The number of fused-ring (bicyclic) bond motifs is 1. The van der Waals surface area contributed by atoms with Crippen molar-refractivity contribution in [3.63, 3.8) is 0 Å². The third-order valence-electron chi connectivity index (χ3n) is 3.86. The largest absolute Gasteiger partial charge is 0.394 e. The van der Waals surface area contributed by atoms with Gasteiger partial charge in [0.15, 0.2) is 0 Å². The van der Waals surface area contributed by atoms with E-state index in [9.17, 15) is 24.9 Å². The smallest absolute Gasteiger partial charge is 0.234 e. The first-order valence-electron chi connectivity index (χ1n) is 5.97. The molecular weight excluding hydrogens is 238 g/mol. The molecule has 2 aliphatic rings. The van der Waals surface area contributed by atoms with Crippen LogP contribution in [0.4, 0.5) is 0 Å². The van der Waals surface area contributed by atoms with Crippen molar-refractivity contribution in [2.24, 2.45) is 11.8 Å². The summed E-state index contributed by atoms with van der Waals surface area (Å²) in [6.07, 6.45) is 4.69. The quantitative estimate of drug-likeness (QED) is 0.426. The lowest BCUT2D eigenvalue weighted by Gasteiger charge is -2.36. The molecular formula is C12H17NO5. The second-order valence-corrected chi connectivity index (χ2v) is 4.87. The Hall–Kier alpha value is -1.24. The van der Waals surface area contributed by atoms with Gasteiger partial charge in [-0.3, -0.25) is 14.5 Å². The second-order valence-electron chi connectivity index (χ2n) is 4.87. The number of amides is 2. The van der Waals surface area contributed by atoms with Crippen molar-refractivity contribution in [1.29, 1.82) is 0 Å². The number of carbonyl (C=O) groups excluding carboxylic acids is 2. The van der Waals surface area contributed by atoms with Crippen LogP contribution in [-0.4, -0.2) is 57.4 Å². The van der Waals surface area contributed by atoms with Crippen LogP contribution < -0.4 is 0 Å². The average molecular weight is 255 g/mol. The van der Waals surface area contributed by atoms with E-state index in [-0.39, 0.29) is 0 Å². The van der Waals surface area contributed by atoms with Crippen LogP contribution >= 0.6 is 0 Å². The van der Waals surface area contributed by atoms with Gasteiger partial charge in [-0.1, -0.05) is 12.2 Å². The van der Waals surface area contributed by atoms with Gasteiger partial charge in [0.25, 0.3) is 0 Å². The summed E-state index contributed by atoms with van der Waals surface area (Å²) in [6.45, 7) is -1.95. The van der Waals surface area contributed by atoms with E-state index < -0.39 is 49.0 Å². The minimum atomic E-state index is -1.59. The molecule has 0 spiro atoms. The predicted octanol–water partition coefficient (Wildman–Crippen LogP) is -1.35. The fourth-order valence-electron chi connectivity index (χ4n) is 2.63. The van der Waals surface area contributed by atoms with E-state index in [2.05, 4.69) is 0 Å². The molecule has 0 unspecified atom stereocenters. The summed E-state index contributed by atoms with van der Waals surface area (Å²) in [7, 11) is 0. The molecule has 0 bridgehead atoms. The summed E-state index contributed by atoms with van der Waals surface area (Å²) in [4.78, 5) is 25.3. The van der Waals surface area contributed by atoms with Gasteiger partial charge < -0.3 is 15.3 Å². The summed E-state index contributed by atoms with van der Waals surface area (Å²) in [5.74, 6) is -1.67. The van der Waals surface area contributed by atoms with Gasteiger partial charge in [-0.2, -0.15) is 0 Å². The Kier molecular flexibility index (Phi) is 3.52. The zero-order chi connectivity index (χ0) is 13.3. The molecule has 1 aliphatic carbocycles. The van der Waals surface area contributed by atoms with Crippen LogP contribution in [0.3, 0.4) is 0 Å². The third kappa shape index (κ3) is 1.68. The molecule has 0 aromatic rings. The minimum absolute atomic E-state index is 0.411. The lowest BCUT2D eigenvalue weighted by atomic mass is 9.85. The Balaban J connectivity index is 2.35. The Labute approximate surface area is 105 Å². The number of hydrogen-bond donors (Lipinski definition) is 3. The molecule has 6 nitrogen and oxygen atoms in total. The monoisotopic (exact) mass is 255 g/mol. The van der Waals surface area contributed by atoms with Crippen LogP contribution in [0.25, 0.3) is 0 Å². The van der Waals surface area contributed by atoms with Crippen LogP contribution in [-0.2, 0) is 9.59 Å². The highest BCUT2D eigenvalue weighted by Crippen LogP contribution is 2.38. The van der Waals surface area contributed by atoms with Crippen LogP contribution in [0, 0.1) is 11.8 Å². The molecule has 18 heavy (non-hydrogen) atoms. The number of aliphatic hydroxyl groups excluding tert-OH is 3. The first kappa shape index (κ1) is 13.2. The van der Waals surface area contributed by atoms with Crippen molar-refractivity contribution in [2.45, 2.75) is 18.4 Å². The zero-order valence-electron chi connectivity index (χ0n) is 9.95. The van der Waals surface area contributed by atoms with Crippen molar-refractivity contribution in [3.05, 3.63) is 12.2 Å².